The zero-order valence-electron chi connectivity index (χ0n) is 3.98. The predicted molar refractivity (Wildman–Crippen MR) is 24.3 cm³/mol. The van der Waals surface area contributed by atoms with Crippen molar-refractivity contribution in [3.8, 4) is 0 Å². The molecule has 1 rings (SSSR count). The number of rotatable bonds is 0. The van der Waals surface area contributed by atoms with Gasteiger partial charge in [-0.3, -0.25) is 0 Å². The van der Waals surface area contributed by atoms with Crippen LogP contribution in [0.4, 0.5) is 0 Å². The van der Waals surface area contributed by atoms with Gasteiger partial charge in [-0.05, 0) is 12.3 Å². The molecular weight excluding hydrogens is 76.1 g/mol. The van der Waals surface area contributed by atoms with E-state index in [4.69, 9.17) is 4.74 Å². The van der Waals surface area contributed by atoms with Crippen LogP contribution in [0.5, 0.6) is 0 Å². The maximum absolute atomic E-state index is 5.00. The SMILES string of the molecule is C[C@H]1[CH]COC1. The Labute approximate surface area is 38.3 Å². The molecule has 1 heterocycles. The van der Waals surface area contributed by atoms with Crippen LogP contribution in [-0.2, 0) is 4.74 Å². The van der Waals surface area contributed by atoms with Crippen LogP contribution < -0.4 is 0 Å². The van der Waals surface area contributed by atoms with E-state index in [1.54, 1.807) is 0 Å². The summed E-state index contributed by atoms with van der Waals surface area (Å²) >= 11 is 0. The van der Waals surface area contributed by atoms with Crippen LogP contribution in [-0.4, -0.2) is 13.2 Å². The van der Waals surface area contributed by atoms with Gasteiger partial charge >= 0.3 is 0 Å². The molecule has 1 radical (unpaired) electrons. The quantitative estimate of drug-likeness (QED) is 0.424. The second-order valence-corrected chi connectivity index (χ2v) is 1.75. The van der Waals surface area contributed by atoms with Crippen molar-refractivity contribution < 1.29 is 4.74 Å². The minimum absolute atomic E-state index is 0.699. The van der Waals surface area contributed by atoms with Crippen LogP contribution in [0.2, 0.25) is 0 Å². The van der Waals surface area contributed by atoms with Gasteiger partial charge in [0.1, 0.15) is 0 Å². The van der Waals surface area contributed by atoms with Crippen LogP contribution in [0.1, 0.15) is 6.92 Å². The zero-order valence-corrected chi connectivity index (χ0v) is 3.98. The number of hydrogen-bond donors (Lipinski definition) is 0. The average molecular weight is 85.1 g/mol. The molecule has 1 atom stereocenters. The molecule has 0 unspecified atom stereocenters. The van der Waals surface area contributed by atoms with Gasteiger partial charge in [0.25, 0.3) is 0 Å². The monoisotopic (exact) mass is 85.1 g/mol. The molecule has 0 bridgehead atoms. The maximum atomic E-state index is 5.00. The lowest BCUT2D eigenvalue weighted by Gasteiger charge is -1.88. The third kappa shape index (κ3) is 0.716. The highest BCUT2D eigenvalue weighted by molar-refractivity contribution is 4.76. The van der Waals surface area contributed by atoms with Crippen LogP contribution >= 0.6 is 0 Å². The van der Waals surface area contributed by atoms with E-state index in [0.717, 1.165) is 13.2 Å². The fourth-order valence-electron chi connectivity index (χ4n) is 0.554. The molecule has 0 spiro atoms. The van der Waals surface area contributed by atoms with E-state index >= 15 is 0 Å². The molecule has 0 amide bonds. The van der Waals surface area contributed by atoms with Crippen molar-refractivity contribution in [3.63, 3.8) is 0 Å². The predicted octanol–water partition coefficient (Wildman–Crippen LogP) is 0.857. The molecule has 0 aliphatic carbocycles. The standard InChI is InChI=1S/C5H9O/c1-5-2-3-6-4-5/h2,5H,3-4H2,1H3/t5-/m0/s1. The highest BCUT2D eigenvalue weighted by Crippen LogP contribution is 2.07. The summed E-state index contributed by atoms with van der Waals surface area (Å²) in [5.41, 5.74) is 0. The second kappa shape index (κ2) is 1.61. The van der Waals surface area contributed by atoms with Crippen LogP contribution in [0, 0.1) is 12.3 Å². The summed E-state index contributed by atoms with van der Waals surface area (Å²) in [5, 5.41) is 0. The first-order chi connectivity index (χ1) is 2.89. The third-order valence-corrected chi connectivity index (χ3v) is 0.997. The molecule has 35 valence electrons. The lowest BCUT2D eigenvalue weighted by Crippen LogP contribution is -1.88. The molecule has 0 aromatic heterocycles. The molecule has 1 nitrogen and oxygen atoms in total. The highest BCUT2D eigenvalue weighted by atomic mass is 16.5. The average Bonchev–Trinajstić information content (AvgIpc) is 1.86. The Balaban J connectivity index is 2.18. The summed E-state index contributed by atoms with van der Waals surface area (Å²) < 4.78 is 5.00. The Bertz CT molecular complexity index is 37.2. The zero-order chi connectivity index (χ0) is 4.41. The summed E-state index contributed by atoms with van der Waals surface area (Å²) in [6.07, 6.45) is 2.18. The molecule has 1 fully saturated rings. The Morgan fingerprint density at radius 1 is 1.83 bits per heavy atom. The van der Waals surface area contributed by atoms with Crippen molar-refractivity contribution in [1.82, 2.24) is 0 Å². The molecule has 6 heavy (non-hydrogen) atoms. The summed E-state index contributed by atoms with van der Waals surface area (Å²) in [6, 6.07) is 0. The van der Waals surface area contributed by atoms with Crippen molar-refractivity contribution in [1.29, 1.82) is 0 Å². The minimum atomic E-state index is 0.699. The van der Waals surface area contributed by atoms with Crippen molar-refractivity contribution in [3.05, 3.63) is 6.42 Å². The van der Waals surface area contributed by atoms with E-state index in [9.17, 15) is 0 Å². The lowest BCUT2D eigenvalue weighted by molar-refractivity contribution is 0.191. The molecular formula is C5H9O. The molecule has 1 saturated heterocycles. The van der Waals surface area contributed by atoms with Gasteiger partial charge in [0.2, 0.25) is 0 Å². The van der Waals surface area contributed by atoms with Gasteiger partial charge < -0.3 is 4.74 Å². The molecule has 1 aliphatic rings. The molecule has 0 saturated carbocycles. The maximum Gasteiger partial charge on any atom is 0.0501 e. The Kier molecular flexibility index (Phi) is 1.10. The van der Waals surface area contributed by atoms with Crippen molar-refractivity contribution in [2.24, 2.45) is 5.92 Å². The van der Waals surface area contributed by atoms with E-state index in [2.05, 4.69) is 13.3 Å². The fourth-order valence-corrected chi connectivity index (χ4v) is 0.554. The number of ether oxygens (including phenoxy) is 1. The van der Waals surface area contributed by atoms with Crippen molar-refractivity contribution >= 4 is 0 Å². The van der Waals surface area contributed by atoms with Crippen LogP contribution in [0.25, 0.3) is 0 Å². The van der Waals surface area contributed by atoms with Gasteiger partial charge in [-0.25, -0.2) is 0 Å². The van der Waals surface area contributed by atoms with E-state index in [-0.39, 0.29) is 0 Å². The second-order valence-electron chi connectivity index (χ2n) is 1.75. The van der Waals surface area contributed by atoms with Gasteiger partial charge in [0, 0.05) is 6.61 Å². The normalized spacial score (nSPS) is 34.5. The summed E-state index contributed by atoms with van der Waals surface area (Å²) in [5.74, 6) is 0.699. The minimum Gasteiger partial charge on any atom is -0.381 e. The van der Waals surface area contributed by atoms with Gasteiger partial charge in [0.05, 0.1) is 6.61 Å². The highest BCUT2D eigenvalue weighted by Gasteiger charge is 2.08. The summed E-state index contributed by atoms with van der Waals surface area (Å²) in [6.45, 7) is 3.95. The molecule has 0 aromatic rings. The first-order valence-corrected chi connectivity index (χ1v) is 2.30. The van der Waals surface area contributed by atoms with E-state index in [1.165, 1.54) is 0 Å². The summed E-state index contributed by atoms with van der Waals surface area (Å²) in [7, 11) is 0. The molecule has 0 N–H and O–H groups in total. The van der Waals surface area contributed by atoms with Gasteiger partial charge in [-0.1, -0.05) is 6.92 Å². The summed E-state index contributed by atoms with van der Waals surface area (Å²) in [4.78, 5) is 0. The van der Waals surface area contributed by atoms with Gasteiger partial charge in [-0.15, -0.1) is 0 Å². The molecule has 0 aromatic carbocycles. The van der Waals surface area contributed by atoms with E-state index in [0.29, 0.717) is 5.92 Å². The fraction of sp³-hybridized carbons (Fsp3) is 0.800. The third-order valence-electron chi connectivity index (χ3n) is 0.997. The first kappa shape index (κ1) is 4.13. The topological polar surface area (TPSA) is 9.23 Å². The first-order valence-electron chi connectivity index (χ1n) is 2.30. The number of hydrogen-bond acceptors (Lipinski definition) is 1. The molecule has 1 aliphatic heterocycles. The van der Waals surface area contributed by atoms with E-state index < -0.39 is 0 Å². The van der Waals surface area contributed by atoms with Crippen LogP contribution in [0.3, 0.4) is 0 Å². The largest absolute Gasteiger partial charge is 0.381 e. The Morgan fingerprint density at radius 3 is 2.83 bits per heavy atom. The van der Waals surface area contributed by atoms with Crippen molar-refractivity contribution in [2.45, 2.75) is 6.92 Å². The van der Waals surface area contributed by atoms with Crippen LogP contribution in [0.15, 0.2) is 0 Å². The van der Waals surface area contributed by atoms with Gasteiger partial charge in [-0.2, -0.15) is 0 Å². The lowest BCUT2D eigenvalue weighted by atomic mass is 10.2. The Hall–Kier alpha value is -0.0400. The van der Waals surface area contributed by atoms with Gasteiger partial charge in [0.15, 0.2) is 0 Å². The smallest absolute Gasteiger partial charge is 0.0501 e. The van der Waals surface area contributed by atoms with Crippen molar-refractivity contribution in [2.75, 3.05) is 13.2 Å². The Morgan fingerprint density at radius 2 is 2.67 bits per heavy atom. The molecule has 1 heteroatoms. The van der Waals surface area contributed by atoms with E-state index in [1.807, 2.05) is 0 Å².